The molecule has 1 aromatic heterocycles. The summed E-state index contributed by atoms with van der Waals surface area (Å²) in [6.07, 6.45) is 0. The number of aromatic carboxylic acids is 1. The largest absolute Gasteiger partial charge is 0.478 e. The summed E-state index contributed by atoms with van der Waals surface area (Å²) >= 11 is 13.0. The number of thiophene rings is 1. The van der Waals surface area contributed by atoms with Crippen LogP contribution in [0.4, 0.5) is 19.9 Å². The van der Waals surface area contributed by atoms with Gasteiger partial charge in [0, 0.05) is 10.6 Å². The molecule has 9 heteroatoms. The van der Waals surface area contributed by atoms with E-state index in [1.165, 1.54) is 30.3 Å². The third-order valence-corrected chi connectivity index (χ3v) is 5.33. The van der Waals surface area contributed by atoms with Gasteiger partial charge in [-0.15, -0.1) is 11.3 Å². The molecule has 1 heterocycles. The molecule has 0 aliphatic heterocycles. The topological polar surface area (TPSA) is 78.4 Å². The highest BCUT2D eigenvalue weighted by Gasteiger charge is 2.18. The summed E-state index contributed by atoms with van der Waals surface area (Å²) in [7, 11) is 0. The Labute approximate surface area is 167 Å². The molecule has 0 aliphatic rings. The Morgan fingerprint density at radius 1 is 0.963 bits per heavy atom. The third-order valence-electron chi connectivity index (χ3n) is 3.50. The highest BCUT2D eigenvalue weighted by atomic mass is 35.5. The number of carbonyl (C=O) groups is 2. The molecule has 3 N–H and O–H groups in total. The van der Waals surface area contributed by atoms with Crippen LogP contribution in [0.5, 0.6) is 0 Å². The van der Waals surface area contributed by atoms with E-state index in [4.69, 9.17) is 23.2 Å². The molecule has 27 heavy (non-hydrogen) atoms. The van der Waals surface area contributed by atoms with E-state index in [2.05, 4.69) is 10.6 Å². The lowest BCUT2D eigenvalue weighted by Crippen LogP contribution is -2.19. The van der Waals surface area contributed by atoms with Crippen molar-refractivity contribution in [2.24, 2.45) is 0 Å². The Hall–Kier alpha value is -2.61. The van der Waals surface area contributed by atoms with E-state index < -0.39 is 17.8 Å². The lowest BCUT2D eigenvalue weighted by atomic mass is 10.1. The first-order valence-corrected chi connectivity index (χ1v) is 9.07. The first-order valence-electron chi connectivity index (χ1n) is 7.49. The molecule has 0 saturated carbocycles. The van der Waals surface area contributed by atoms with Gasteiger partial charge in [0.25, 0.3) is 0 Å². The van der Waals surface area contributed by atoms with Crippen molar-refractivity contribution in [3.63, 3.8) is 0 Å². The summed E-state index contributed by atoms with van der Waals surface area (Å²) < 4.78 is 12.9. The summed E-state index contributed by atoms with van der Waals surface area (Å²) in [6.45, 7) is 0. The van der Waals surface area contributed by atoms with E-state index in [0.717, 1.165) is 11.3 Å². The highest BCUT2D eigenvalue weighted by molar-refractivity contribution is 7.20. The van der Waals surface area contributed by atoms with Gasteiger partial charge in [0.2, 0.25) is 0 Å². The molecule has 0 atom stereocenters. The molecule has 0 unspecified atom stereocenters. The zero-order valence-corrected chi connectivity index (χ0v) is 15.8. The van der Waals surface area contributed by atoms with Gasteiger partial charge in [-0.05, 0) is 48.0 Å². The average Bonchev–Trinajstić information content (AvgIpc) is 3.03. The minimum atomic E-state index is -1.19. The van der Waals surface area contributed by atoms with E-state index in [0.29, 0.717) is 26.2 Å². The van der Waals surface area contributed by atoms with Gasteiger partial charge in [0.15, 0.2) is 0 Å². The van der Waals surface area contributed by atoms with Crippen molar-refractivity contribution < 1.29 is 19.1 Å². The van der Waals surface area contributed by atoms with Gasteiger partial charge in [0.05, 0.1) is 15.6 Å². The average molecular weight is 425 g/mol. The number of carboxylic acids is 1. The number of halogens is 3. The van der Waals surface area contributed by atoms with E-state index in [1.807, 2.05) is 0 Å². The molecule has 2 amide bonds. The van der Waals surface area contributed by atoms with Gasteiger partial charge >= 0.3 is 12.0 Å². The van der Waals surface area contributed by atoms with Gasteiger partial charge < -0.3 is 10.4 Å². The number of hydrogen-bond acceptors (Lipinski definition) is 3. The number of hydrogen-bond donors (Lipinski definition) is 3. The zero-order chi connectivity index (χ0) is 19.6. The molecule has 3 aromatic rings. The smallest absolute Gasteiger partial charge is 0.338 e. The van der Waals surface area contributed by atoms with Gasteiger partial charge in [-0.3, -0.25) is 5.32 Å². The van der Waals surface area contributed by atoms with Crippen molar-refractivity contribution >= 4 is 57.2 Å². The van der Waals surface area contributed by atoms with Crippen LogP contribution in [0.2, 0.25) is 10.0 Å². The number of nitrogens with one attached hydrogen (secondary N) is 2. The van der Waals surface area contributed by atoms with Gasteiger partial charge in [-0.25, -0.2) is 14.0 Å². The SMILES string of the molecule is O=C(Nc1ccc(F)cc1)Nc1sc(-c2ccc(Cl)c(Cl)c2)cc1C(=O)O. The van der Waals surface area contributed by atoms with Crippen LogP contribution in [-0.2, 0) is 0 Å². The first-order chi connectivity index (χ1) is 12.8. The second kappa shape index (κ2) is 7.96. The number of carbonyl (C=O) groups excluding carboxylic acids is 1. The van der Waals surface area contributed by atoms with Crippen molar-refractivity contribution in [3.05, 3.63) is 70.0 Å². The monoisotopic (exact) mass is 424 g/mol. The molecule has 138 valence electrons. The zero-order valence-electron chi connectivity index (χ0n) is 13.4. The number of rotatable bonds is 4. The first kappa shape index (κ1) is 19.2. The number of anilines is 2. The molecule has 0 fully saturated rings. The molecule has 2 aromatic carbocycles. The van der Waals surface area contributed by atoms with Gasteiger partial charge in [-0.2, -0.15) is 0 Å². The Bertz CT molecular complexity index is 1020. The van der Waals surface area contributed by atoms with Crippen LogP contribution < -0.4 is 10.6 Å². The van der Waals surface area contributed by atoms with E-state index in [-0.39, 0.29) is 10.6 Å². The lowest BCUT2D eigenvalue weighted by Gasteiger charge is -2.06. The van der Waals surface area contributed by atoms with Gasteiger partial charge in [0.1, 0.15) is 10.8 Å². The molecule has 3 rings (SSSR count). The van der Waals surface area contributed by atoms with Crippen molar-refractivity contribution in [2.75, 3.05) is 10.6 Å². The molecule has 0 bridgehead atoms. The number of urea groups is 1. The summed E-state index contributed by atoms with van der Waals surface area (Å²) in [6, 6.07) is 10.9. The summed E-state index contributed by atoms with van der Waals surface area (Å²) in [5.41, 5.74) is 0.978. The fourth-order valence-electron chi connectivity index (χ4n) is 2.23. The maximum Gasteiger partial charge on any atom is 0.338 e. The highest BCUT2D eigenvalue weighted by Crippen LogP contribution is 2.37. The van der Waals surface area contributed by atoms with Crippen LogP contribution in [0.1, 0.15) is 10.4 Å². The maximum atomic E-state index is 12.9. The van der Waals surface area contributed by atoms with E-state index in [1.54, 1.807) is 18.2 Å². The van der Waals surface area contributed by atoms with Crippen LogP contribution in [0.25, 0.3) is 10.4 Å². The Balaban J connectivity index is 1.84. The molecule has 0 radical (unpaired) electrons. The van der Waals surface area contributed by atoms with E-state index >= 15 is 0 Å². The third kappa shape index (κ3) is 4.57. The molecule has 0 aliphatic carbocycles. The van der Waals surface area contributed by atoms with Crippen molar-refractivity contribution in [2.45, 2.75) is 0 Å². The normalized spacial score (nSPS) is 10.5. The number of benzene rings is 2. The lowest BCUT2D eigenvalue weighted by molar-refractivity contribution is 0.0698. The number of amides is 2. The quantitative estimate of drug-likeness (QED) is 0.466. The molecule has 0 saturated heterocycles. The van der Waals surface area contributed by atoms with Crippen molar-refractivity contribution in [1.29, 1.82) is 0 Å². The predicted octanol–water partition coefficient (Wildman–Crippen LogP) is 6.20. The minimum absolute atomic E-state index is 0.0599. The molecular formula is C18H11Cl2FN2O3S. The summed E-state index contributed by atoms with van der Waals surface area (Å²) in [5.74, 6) is -1.62. The minimum Gasteiger partial charge on any atom is -0.478 e. The summed E-state index contributed by atoms with van der Waals surface area (Å²) in [5, 5.41) is 15.3. The maximum absolute atomic E-state index is 12.9. The predicted molar refractivity (Wildman–Crippen MR) is 106 cm³/mol. The van der Waals surface area contributed by atoms with Crippen LogP contribution in [0, 0.1) is 5.82 Å². The van der Waals surface area contributed by atoms with Crippen molar-refractivity contribution in [3.8, 4) is 10.4 Å². The van der Waals surface area contributed by atoms with Crippen LogP contribution in [0.3, 0.4) is 0 Å². The molecular weight excluding hydrogens is 414 g/mol. The van der Waals surface area contributed by atoms with E-state index in [9.17, 15) is 19.1 Å². The summed E-state index contributed by atoms with van der Waals surface area (Å²) in [4.78, 5) is 24.3. The molecule has 5 nitrogen and oxygen atoms in total. The van der Waals surface area contributed by atoms with Crippen LogP contribution in [-0.4, -0.2) is 17.1 Å². The van der Waals surface area contributed by atoms with Gasteiger partial charge in [-0.1, -0.05) is 29.3 Å². The fraction of sp³-hybridized carbons (Fsp3) is 0. The Morgan fingerprint density at radius 3 is 2.30 bits per heavy atom. The van der Waals surface area contributed by atoms with Crippen molar-refractivity contribution in [1.82, 2.24) is 0 Å². The second-order valence-electron chi connectivity index (χ2n) is 5.37. The number of carboxylic acid groups (broad SMARTS) is 1. The Kier molecular flexibility index (Phi) is 5.65. The van der Waals surface area contributed by atoms with Crippen LogP contribution in [0.15, 0.2) is 48.5 Å². The second-order valence-corrected chi connectivity index (χ2v) is 7.24. The standard InChI is InChI=1S/C18H11Cl2FN2O3S/c19-13-6-1-9(7-14(13)20)15-8-12(17(24)25)16(27-15)23-18(26)22-11-4-2-10(21)3-5-11/h1-8H,(H,24,25)(H2,22,23,26). The fourth-order valence-corrected chi connectivity index (χ4v) is 3.57. The Morgan fingerprint density at radius 2 is 1.67 bits per heavy atom. The molecule has 0 spiro atoms. The van der Waals surface area contributed by atoms with Crippen LogP contribution >= 0.6 is 34.5 Å².